The number of hydrogen-bond acceptors (Lipinski definition) is 4. The Kier molecular flexibility index (Phi) is 5.08. The molecule has 4 aromatic rings. The highest BCUT2D eigenvalue weighted by molar-refractivity contribution is 6.32. The molecule has 0 atom stereocenters. The van der Waals surface area contributed by atoms with E-state index in [-0.39, 0.29) is 11.1 Å². The highest BCUT2D eigenvalue weighted by Crippen LogP contribution is 2.20. The van der Waals surface area contributed by atoms with Crippen molar-refractivity contribution in [2.75, 3.05) is 7.05 Å². The molecule has 0 aliphatic heterocycles. The molecule has 0 saturated heterocycles. The molecule has 29 heavy (non-hydrogen) atoms. The fraction of sp³-hybridized carbons (Fsp3) is 0.190. The van der Waals surface area contributed by atoms with Crippen molar-refractivity contribution in [1.82, 2.24) is 24.2 Å². The van der Waals surface area contributed by atoms with Gasteiger partial charge in [0.2, 0.25) is 0 Å². The summed E-state index contributed by atoms with van der Waals surface area (Å²) in [4.78, 5) is 31.9. The molecule has 0 fully saturated rings. The van der Waals surface area contributed by atoms with Gasteiger partial charge in [0.1, 0.15) is 0 Å². The summed E-state index contributed by atoms with van der Waals surface area (Å²) in [5, 5.41) is 3.95. The molecule has 0 aliphatic rings. The van der Waals surface area contributed by atoms with E-state index in [0.717, 1.165) is 5.56 Å². The highest BCUT2D eigenvalue weighted by Gasteiger charge is 2.18. The Labute approximate surface area is 171 Å². The SMILES string of the molecule is CN(Cc1cccnc1)Cc1c2c(=O)n(-c3ccccc3Cl)[nH]c2cc(=O)n1C. The van der Waals surface area contributed by atoms with Crippen LogP contribution >= 0.6 is 11.6 Å². The summed E-state index contributed by atoms with van der Waals surface area (Å²) in [6.07, 6.45) is 3.53. The van der Waals surface area contributed by atoms with Crippen LogP contribution in [0.25, 0.3) is 16.6 Å². The number of halogens is 1. The highest BCUT2D eigenvalue weighted by atomic mass is 35.5. The smallest absolute Gasteiger partial charge is 0.280 e. The minimum absolute atomic E-state index is 0.185. The molecule has 148 valence electrons. The molecule has 0 saturated carbocycles. The molecule has 1 aromatic carbocycles. The predicted molar refractivity (Wildman–Crippen MR) is 114 cm³/mol. The van der Waals surface area contributed by atoms with Crippen LogP contribution in [0.15, 0.2) is 64.4 Å². The first-order chi connectivity index (χ1) is 14.0. The van der Waals surface area contributed by atoms with Crippen LogP contribution in [0, 0.1) is 0 Å². The number of para-hydroxylation sites is 1. The van der Waals surface area contributed by atoms with E-state index in [1.165, 1.54) is 15.3 Å². The van der Waals surface area contributed by atoms with Crippen LogP contribution in [0.5, 0.6) is 0 Å². The van der Waals surface area contributed by atoms with Crippen molar-refractivity contribution in [2.45, 2.75) is 13.1 Å². The fourth-order valence-corrected chi connectivity index (χ4v) is 3.68. The van der Waals surface area contributed by atoms with Gasteiger partial charge in [0.05, 0.1) is 21.6 Å². The minimum Gasteiger partial charge on any atom is -0.313 e. The number of H-pyrrole nitrogens is 1. The van der Waals surface area contributed by atoms with Crippen LogP contribution in [0.4, 0.5) is 0 Å². The van der Waals surface area contributed by atoms with Crippen molar-refractivity contribution in [3.63, 3.8) is 0 Å². The first-order valence-electron chi connectivity index (χ1n) is 9.11. The van der Waals surface area contributed by atoms with Gasteiger partial charge >= 0.3 is 0 Å². The third-order valence-corrected chi connectivity index (χ3v) is 5.22. The summed E-state index contributed by atoms with van der Waals surface area (Å²) in [7, 11) is 3.62. The zero-order valence-corrected chi connectivity index (χ0v) is 16.8. The third kappa shape index (κ3) is 3.62. The van der Waals surface area contributed by atoms with Crippen molar-refractivity contribution >= 4 is 22.5 Å². The second kappa shape index (κ2) is 7.69. The topological polar surface area (TPSA) is 75.9 Å². The van der Waals surface area contributed by atoms with E-state index in [0.29, 0.717) is 40.4 Å². The standard InChI is InChI=1S/C21H20ClN5O2/c1-25(12-14-6-5-9-23-11-14)13-18-20-16(10-19(28)26(18)2)24-27(21(20)29)17-8-4-3-7-15(17)22/h3-11,24H,12-13H2,1-2H3. The number of rotatable bonds is 5. The van der Waals surface area contributed by atoms with E-state index in [4.69, 9.17) is 11.6 Å². The van der Waals surface area contributed by atoms with Gasteiger partial charge in [-0.2, -0.15) is 0 Å². The molecule has 0 radical (unpaired) electrons. The summed E-state index contributed by atoms with van der Waals surface area (Å²) in [5.74, 6) is 0. The second-order valence-electron chi connectivity index (χ2n) is 7.01. The van der Waals surface area contributed by atoms with E-state index in [9.17, 15) is 9.59 Å². The van der Waals surface area contributed by atoms with Crippen LogP contribution < -0.4 is 11.1 Å². The lowest BCUT2D eigenvalue weighted by atomic mass is 10.2. The van der Waals surface area contributed by atoms with Crippen molar-refractivity contribution in [1.29, 1.82) is 0 Å². The van der Waals surface area contributed by atoms with Crippen molar-refractivity contribution in [2.24, 2.45) is 7.05 Å². The predicted octanol–water partition coefficient (Wildman–Crippen LogP) is 2.70. The zero-order chi connectivity index (χ0) is 20.5. The number of nitrogens with one attached hydrogen (secondary N) is 1. The van der Waals surface area contributed by atoms with Crippen LogP contribution in [0.3, 0.4) is 0 Å². The summed E-state index contributed by atoms with van der Waals surface area (Å²) in [6, 6.07) is 12.4. The van der Waals surface area contributed by atoms with E-state index >= 15 is 0 Å². The van der Waals surface area contributed by atoms with Crippen LogP contribution in [-0.2, 0) is 20.1 Å². The third-order valence-electron chi connectivity index (χ3n) is 4.90. The quantitative estimate of drug-likeness (QED) is 0.550. The molecule has 3 heterocycles. The average Bonchev–Trinajstić information content (AvgIpc) is 3.02. The molecule has 0 unspecified atom stereocenters. The zero-order valence-electron chi connectivity index (χ0n) is 16.1. The number of aromatic nitrogens is 4. The summed E-state index contributed by atoms with van der Waals surface area (Å²) in [6.45, 7) is 1.06. The van der Waals surface area contributed by atoms with E-state index < -0.39 is 0 Å². The normalized spacial score (nSPS) is 11.4. The van der Waals surface area contributed by atoms with Crippen LogP contribution in [0.2, 0.25) is 5.02 Å². The maximum atomic E-state index is 13.2. The van der Waals surface area contributed by atoms with Gasteiger partial charge in [-0.3, -0.25) is 24.6 Å². The van der Waals surface area contributed by atoms with Gasteiger partial charge in [-0.25, -0.2) is 4.68 Å². The Morgan fingerprint density at radius 2 is 1.93 bits per heavy atom. The maximum Gasteiger partial charge on any atom is 0.280 e. The molecule has 7 nitrogen and oxygen atoms in total. The van der Waals surface area contributed by atoms with E-state index in [1.54, 1.807) is 43.7 Å². The Bertz CT molecular complexity index is 1290. The first kappa shape index (κ1) is 19.2. The summed E-state index contributed by atoms with van der Waals surface area (Å²) >= 11 is 6.27. The van der Waals surface area contributed by atoms with Gasteiger partial charge < -0.3 is 4.57 Å². The Morgan fingerprint density at radius 3 is 2.66 bits per heavy atom. The van der Waals surface area contributed by atoms with Gasteiger partial charge in [-0.05, 0) is 30.8 Å². The molecule has 0 bridgehead atoms. The molecule has 4 rings (SSSR count). The molecule has 1 N–H and O–H groups in total. The second-order valence-corrected chi connectivity index (χ2v) is 7.42. The van der Waals surface area contributed by atoms with Crippen molar-refractivity contribution < 1.29 is 0 Å². The van der Waals surface area contributed by atoms with Crippen LogP contribution in [0.1, 0.15) is 11.3 Å². The number of nitrogens with zero attached hydrogens (tertiary/aromatic N) is 4. The number of aromatic amines is 1. The van der Waals surface area contributed by atoms with Gasteiger partial charge in [0.25, 0.3) is 11.1 Å². The van der Waals surface area contributed by atoms with E-state index in [2.05, 4.69) is 10.1 Å². The number of fused-ring (bicyclic) bond motifs is 1. The molecular weight excluding hydrogens is 390 g/mol. The minimum atomic E-state index is -0.242. The molecule has 0 spiro atoms. The maximum absolute atomic E-state index is 13.2. The van der Waals surface area contributed by atoms with Crippen molar-refractivity contribution in [3.05, 3.63) is 91.8 Å². The summed E-state index contributed by atoms with van der Waals surface area (Å²) in [5.41, 5.74) is 2.30. The van der Waals surface area contributed by atoms with Crippen LogP contribution in [-0.4, -0.2) is 31.3 Å². The number of hydrogen-bond donors (Lipinski definition) is 1. The molecule has 0 aliphatic carbocycles. The average molecular weight is 410 g/mol. The van der Waals surface area contributed by atoms with Gasteiger partial charge in [-0.1, -0.05) is 29.8 Å². The van der Waals surface area contributed by atoms with E-state index in [1.807, 2.05) is 24.1 Å². The lowest BCUT2D eigenvalue weighted by molar-refractivity contribution is 0.311. The lowest BCUT2D eigenvalue weighted by Gasteiger charge is -2.18. The molecule has 8 heteroatoms. The van der Waals surface area contributed by atoms with Gasteiger partial charge in [0.15, 0.2) is 0 Å². The Hall–Kier alpha value is -3.16. The Balaban J connectivity index is 1.81. The number of benzene rings is 1. The van der Waals surface area contributed by atoms with Gasteiger partial charge in [0, 0.05) is 44.3 Å². The lowest BCUT2D eigenvalue weighted by Crippen LogP contribution is -2.27. The fourth-order valence-electron chi connectivity index (χ4n) is 3.46. The first-order valence-corrected chi connectivity index (χ1v) is 9.49. The summed E-state index contributed by atoms with van der Waals surface area (Å²) < 4.78 is 2.91. The monoisotopic (exact) mass is 409 g/mol. The molecule has 3 aromatic heterocycles. The molecule has 0 amide bonds. The van der Waals surface area contributed by atoms with Gasteiger partial charge in [-0.15, -0.1) is 0 Å². The molecular formula is C21H20ClN5O2. The van der Waals surface area contributed by atoms with Crippen molar-refractivity contribution in [3.8, 4) is 5.69 Å². The number of pyridine rings is 2. The Morgan fingerprint density at radius 1 is 1.14 bits per heavy atom. The largest absolute Gasteiger partial charge is 0.313 e.